The molecule has 0 N–H and O–H groups in total. The summed E-state index contributed by atoms with van der Waals surface area (Å²) >= 11 is 3.42. The lowest BCUT2D eigenvalue weighted by atomic mass is 10.2. The Morgan fingerprint density at radius 1 is 1.28 bits per heavy atom. The molecule has 1 aromatic carbocycles. The van der Waals surface area contributed by atoms with Crippen LogP contribution in [0, 0.1) is 6.92 Å². The molecule has 0 aromatic heterocycles. The van der Waals surface area contributed by atoms with Crippen LogP contribution in [0.4, 0.5) is 5.69 Å². The summed E-state index contributed by atoms with van der Waals surface area (Å²) in [6.45, 7) is 3.20. The molecular formula is C12H17BrN2O2S. The van der Waals surface area contributed by atoms with Crippen LogP contribution in [0.2, 0.25) is 0 Å². The van der Waals surface area contributed by atoms with Gasteiger partial charge in [-0.05, 0) is 43.5 Å². The van der Waals surface area contributed by atoms with Gasteiger partial charge in [-0.15, -0.1) is 0 Å². The number of rotatable bonds is 3. The number of hydrogen-bond donors (Lipinski definition) is 0. The number of aryl methyl sites for hydroxylation is 1. The predicted octanol–water partition coefficient (Wildman–Crippen LogP) is 2.53. The molecule has 0 aliphatic carbocycles. The predicted molar refractivity (Wildman–Crippen MR) is 77.0 cm³/mol. The topological polar surface area (TPSA) is 40.6 Å². The molecule has 0 saturated carbocycles. The Kier molecular flexibility index (Phi) is 3.99. The van der Waals surface area contributed by atoms with Crippen LogP contribution in [0.5, 0.6) is 0 Å². The Morgan fingerprint density at radius 2 is 1.89 bits per heavy atom. The molecule has 2 rings (SSSR count). The van der Waals surface area contributed by atoms with Gasteiger partial charge >= 0.3 is 10.2 Å². The molecule has 4 nitrogen and oxygen atoms in total. The fourth-order valence-electron chi connectivity index (χ4n) is 2.05. The Balaban J connectivity index is 2.29. The molecule has 0 spiro atoms. The van der Waals surface area contributed by atoms with Crippen molar-refractivity contribution in [1.29, 1.82) is 0 Å². The maximum absolute atomic E-state index is 12.4. The Hall–Kier alpha value is -0.590. The van der Waals surface area contributed by atoms with Gasteiger partial charge in [-0.2, -0.15) is 12.7 Å². The molecule has 0 radical (unpaired) electrons. The van der Waals surface area contributed by atoms with E-state index in [1.165, 1.54) is 4.31 Å². The molecular weight excluding hydrogens is 316 g/mol. The molecule has 100 valence electrons. The molecule has 1 fully saturated rings. The van der Waals surface area contributed by atoms with Gasteiger partial charge in [-0.25, -0.2) is 0 Å². The minimum absolute atomic E-state index is 0.627. The van der Waals surface area contributed by atoms with E-state index in [0.717, 1.165) is 22.9 Å². The van der Waals surface area contributed by atoms with E-state index in [4.69, 9.17) is 0 Å². The van der Waals surface area contributed by atoms with Gasteiger partial charge in [0.05, 0.1) is 5.69 Å². The van der Waals surface area contributed by atoms with Crippen LogP contribution in [0.3, 0.4) is 0 Å². The highest BCUT2D eigenvalue weighted by Crippen LogP contribution is 2.26. The SMILES string of the molecule is Cc1cc(N(C)S(=O)(=O)N2CCCC2)ccc1Br. The van der Waals surface area contributed by atoms with Crippen molar-refractivity contribution in [2.75, 3.05) is 24.4 Å². The largest absolute Gasteiger partial charge is 0.303 e. The van der Waals surface area contributed by atoms with Crippen molar-refractivity contribution in [2.24, 2.45) is 0 Å². The molecule has 1 aliphatic heterocycles. The zero-order valence-corrected chi connectivity index (χ0v) is 13.0. The standard InChI is InChI=1S/C12H17BrN2O2S/c1-10-9-11(5-6-12(10)13)14(2)18(16,17)15-7-3-4-8-15/h5-6,9H,3-4,7-8H2,1-2H3. The third kappa shape index (κ3) is 2.55. The Morgan fingerprint density at radius 3 is 2.44 bits per heavy atom. The summed E-state index contributed by atoms with van der Waals surface area (Å²) in [7, 11) is -1.76. The molecule has 1 aliphatic rings. The minimum Gasteiger partial charge on any atom is -0.261 e. The second kappa shape index (κ2) is 5.19. The number of hydrogen-bond acceptors (Lipinski definition) is 2. The van der Waals surface area contributed by atoms with E-state index >= 15 is 0 Å². The summed E-state index contributed by atoms with van der Waals surface area (Å²) in [5.74, 6) is 0. The normalized spacial score (nSPS) is 17.1. The van der Waals surface area contributed by atoms with E-state index < -0.39 is 10.2 Å². The average molecular weight is 333 g/mol. The van der Waals surface area contributed by atoms with Crippen LogP contribution in [0.15, 0.2) is 22.7 Å². The van der Waals surface area contributed by atoms with Crippen molar-refractivity contribution < 1.29 is 8.42 Å². The lowest BCUT2D eigenvalue weighted by molar-refractivity contribution is 0.476. The van der Waals surface area contributed by atoms with E-state index in [9.17, 15) is 8.42 Å². The number of anilines is 1. The number of nitrogens with zero attached hydrogens (tertiary/aromatic N) is 2. The maximum Gasteiger partial charge on any atom is 0.303 e. The van der Waals surface area contributed by atoms with E-state index in [0.29, 0.717) is 18.8 Å². The first-order chi connectivity index (χ1) is 8.43. The summed E-state index contributed by atoms with van der Waals surface area (Å²) in [6.07, 6.45) is 1.90. The van der Waals surface area contributed by atoms with Crippen LogP contribution in [-0.2, 0) is 10.2 Å². The first-order valence-corrected chi connectivity index (χ1v) is 8.12. The first kappa shape index (κ1) is 13.8. The van der Waals surface area contributed by atoms with Crippen LogP contribution >= 0.6 is 15.9 Å². The zero-order chi connectivity index (χ0) is 13.3. The fourth-order valence-corrected chi connectivity index (χ4v) is 3.74. The van der Waals surface area contributed by atoms with Crippen molar-refractivity contribution in [3.8, 4) is 0 Å². The van der Waals surface area contributed by atoms with Crippen LogP contribution < -0.4 is 4.31 Å². The van der Waals surface area contributed by atoms with Gasteiger partial charge in [0.1, 0.15) is 0 Å². The summed E-state index contributed by atoms with van der Waals surface area (Å²) in [6, 6.07) is 5.56. The monoisotopic (exact) mass is 332 g/mol. The molecule has 1 aromatic rings. The summed E-state index contributed by atoms with van der Waals surface area (Å²) in [5.41, 5.74) is 1.72. The van der Waals surface area contributed by atoms with E-state index in [-0.39, 0.29) is 0 Å². The highest BCUT2D eigenvalue weighted by Gasteiger charge is 2.29. The minimum atomic E-state index is -3.37. The molecule has 18 heavy (non-hydrogen) atoms. The van der Waals surface area contributed by atoms with Crippen LogP contribution in [-0.4, -0.2) is 32.9 Å². The van der Waals surface area contributed by atoms with Gasteiger partial charge in [0.15, 0.2) is 0 Å². The van der Waals surface area contributed by atoms with Gasteiger partial charge in [0.2, 0.25) is 0 Å². The van der Waals surface area contributed by atoms with Crippen molar-refractivity contribution >= 4 is 31.8 Å². The molecule has 0 unspecified atom stereocenters. The Labute approximate surface area is 117 Å². The second-order valence-corrected chi connectivity index (χ2v) is 7.33. The third-order valence-electron chi connectivity index (χ3n) is 3.24. The van der Waals surface area contributed by atoms with Crippen LogP contribution in [0.1, 0.15) is 18.4 Å². The highest BCUT2D eigenvalue weighted by molar-refractivity contribution is 9.10. The van der Waals surface area contributed by atoms with Gasteiger partial charge in [0.25, 0.3) is 0 Å². The summed E-state index contributed by atoms with van der Waals surface area (Å²) < 4.78 is 28.6. The third-order valence-corrected chi connectivity index (χ3v) is 6.05. The van der Waals surface area contributed by atoms with Crippen molar-refractivity contribution in [3.05, 3.63) is 28.2 Å². The molecule has 6 heteroatoms. The van der Waals surface area contributed by atoms with Crippen molar-refractivity contribution in [3.63, 3.8) is 0 Å². The lowest BCUT2D eigenvalue weighted by Gasteiger charge is -2.25. The van der Waals surface area contributed by atoms with Crippen molar-refractivity contribution in [2.45, 2.75) is 19.8 Å². The van der Waals surface area contributed by atoms with Gasteiger partial charge in [-0.1, -0.05) is 15.9 Å². The smallest absolute Gasteiger partial charge is 0.261 e. The lowest BCUT2D eigenvalue weighted by Crippen LogP contribution is -2.40. The van der Waals surface area contributed by atoms with Gasteiger partial charge < -0.3 is 0 Å². The summed E-state index contributed by atoms with van der Waals surface area (Å²) in [5, 5.41) is 0. The molecule has 0 amide bonds. The quantitative estimate of drug-likeness (QED) is 0.853. The zero-order valence-electron chi connectivity index (χ0n) is 10.6. The first-order valence-electron chi connectivity index (χ1n) is 5.93. The Bertz CT molecular complexity index is 539. The average Bonchev–Trinajstić information content (AvgIpc) is 2.86. The molecule has 0 atom stereocenters. The maximum atomic E-state index is 12.4. The molecule has 1 saturated heterocycles. The number of halogens is 1. The second-order valence-electron chi connectivity index (χ2n) is 4.51. The molecule has 0 bridgehead atoms. The van der Waals surface area contributed by atoms with E-state index in [2.05, 4.69) is 15.9 Å². The summed E-state index contributed by atoms with van der Waals surface area (Å²) in [4.78, 5) is 0. The van der Waals surface area contributed by atoms with Gasteiger partial charge in [0, 0.05) is 24.6 Å². The van der Waals surface area contributed by atoms with Gasteiger partial charge in [-0.3, -0.25) is 4.31 Å². The van der Waals surface area contributed by atoms with Crippen LogP contribution in [0.25, 0.3) is 0 Å². The fraction of sp³-hybridized carbons (Fsp3) is 0.500. The molecule has 1 heterocycles. The van der Waals surface area contributed by atoms with E-state index in [1.807, 2.05) is 25.1 Å². The highest BCUT2D eigenvalue weighted by atomic mass is 79.9. The van der Waals surface area contributed by atoms with E-state index in [1.54, 1.807) is 11.4 Å². The van der Waals surface area contributed by atoms with Crippen molar-refractivity contribution in [1.82, 2.24) is 4.31 Å². The number of benzene rings is 1.